The minimum atomic E-state index is -4.67. The molecule has 0 atom stereocenters. The largest absolute Gasteiger partial charge is 0.433 e. The first-order valence-corrected chi connectivity index (χ1v) is 10.4. The Balaban J connectivity index is 1.58. The van der Waals surface area contributed by atoms with Crippen LogP contribution in [-0.4, -0.2) is 36.8 Å². The zero-order valence-electron chi connectivity index (χ0n) is 18.4. The van der Waals surface area contributed by atoms with Crippen LogP contribution in [0.3, 0.4) is 0 Å². The van der Waals surface area contributed by atoms with E-state index in [0.29, 0.717) is 29.6 Å². The summed E-state index contributed by atoms with van der Waals surface area (Å²) in [6.45, 7) is 6.69. The summed E-state index contributed by atoms with van der Waals surface area (Å²) in [5.41, 5.74) is 2.58. The predicted molar refractivity (Wildman–Crippen MR) is 117 cm³/mol. The molecule has 0 aliphatic heterocycles. The number of hydrogen-bond acceptors (Lipinski definition) is 4. The second-order valence-electron chi connectivity index (χ2n) is 8.01. The fourth-order valence-corrected chi connectivity index (χ4v) is 3.46. The van der Waals surface area contributed by atoms with Gasteiger partial charge in [0, 0.05) is 30.9 Å². The van der Waals surface area contributed by atoms with E-state index in [0.717, 1.165) is 22.8 Å². The highest BCUT2D eigenvalue weighted by Gasteiger charge is 2.35. The summed E-state index contributed by atoms with van der Waals surface area (Å²) in [5, 5.41) is 10.7. The van der Waals surface area contributed by atoms with Crippen LogP contribution in [0.4, 0.5) is 13.2 Å². The number of rotatable bonds is 6. The van der Waals surface area contributed by atoms with Gasteiger partial charge in [-0.25, -0.2) is 9.50 Å². The SMILES string of the molecule is Cc1cnn(CCCNC(=O)c2cc3nc(-c4ccc(C)c(C)c4)cc(C(F)(F)F)n3n2)c1. The van der Waals surface area contributed by atoms with E-state index in [1.807, 2.05) is 33.0 Å². The molecule has 172 valence electrons. The molecule has 3 aromatic heterocycles. The number of amides is 1. The number of hydrogen-bond donors (Lipinski definition) is 1. The fraction of sp³-hybridized carbons (Fsp3) is 0.304. The van der Waals surface area contributed by atoms with Gasteiger partial charge in [-0.2, -0.15) is 23.4 Å². The molecule has 1 N–H and O–H groups in total. The molecule has 4 rings (SSSR count). The average Bonchev–Trinajstić information content (AvgIpc) is 3.37. The monoisotopic (exact) mass is 456 g/mol. The van der Waals surface area contributed by atoms with Crippen molar-refractivity contribution >= 4 is 11.6 Å². The summed E-state index contributed by atoms with van der Waals surface area (Å²) in [4.78, 5) is 16.9. The standard InChI is InChI=1S/C23H23F3N6O/c1-14-12-28-31(13-14)8-4-7-27-22(33)19-11-21-29-18(17-6-5-15(2)16(3)9-17)10-20(23(24,25)26)32(21)30-19/h5-6,9-13H,4,7-8H2,1-3H3,(H,27,33). The number of fused-ring (bicyclic) bond motifs is 1. The van der Waals surface area contributed by atoms with E-state index >= 15 is 0 Å². The Morgan fingerprint density at radius 1 is 1.09 bits per heavy atom. The summed E-state index contributed by atoms with van der Waals surface area (Å²) >= 11 is 0. The molecule has 0 fully saturated rings. The van der Waals surface area contributed by atoms with Gasteiger partial charge in [0.05, 0.1) is 11.9 Å². The number of nitrogens with one attached hydrogen (secondary N) is 1. The third kappa shape index (κ3) is 4.89. The van der Waals surface area contributed by atoms with Crippen molar-refractivity contribution in [1.82, 2.24) is 29.7 Å². The summed E-state index contributed by atoms with van der Waals surface area (Å²) in [6.07, 6.45) is -0.422. The maximum absolute atomic E-state index is 13.8. The Labute approximate surface area is 188 Å². The molecule has 33 heavy (non-hydrogen) atoms. The van der Waals surface area contributed by atoms with Crippen LogP contribution in [0.1, 0.15) is 39.3 Å². The van der Waals surface area contributed by atoms with Gasteiger partial charge in [0.1, 0.15) is 0 Å². The Kier molecular flexibility index (Phi) is 5.92. The summed E-state index contributed by atoms with van der Waals surface area (Å²) in [5.74, 6) is -0.557. The molecular weight excluding hydrogens is 433 g/mol. The molecule has 10 heteroatoms. The zero-order chi connectivity index (χ0) is 23.8. The van der Waals surface area contributed by atoms with Gasteiger partial charge in [-0.3, -0.25) is 9.48 Å². The molecule has 1 amide bonds. The van der Waals surface area contributed by atoms with Crippen LogP contribution < -0.4 is 5.32 Å². The molecule has 0 aliphatic carbocycles. The first-order valence-electron chi connectivity index (χ1n) is 10.4. The molecule has 4 aromatic rings. The van der Waals surface area contributed by atoms with Crippen LogP contribution in [0.25, 0.3) is 16.9 Å². The van der Waals surface area contributed by atoms with Crippen molar-refractivity contribution in [1.29, 1.82) is 0 Å². The topological polar surface area (TPSA) is 77.1 Å². The highest BCUT2D eigenvalue weighted by atomic mass is 19.4. The minimum Gasteiger partial charge on any atom is -0.351 e. The smallest absolute Gasteiger partial charge is 0.351 e. The van der Waals surface area contributed by atoms with E-state index in [1.165, 1.54) is 6.07 Å². The molecule has 7 nitrogen and oxygen atoms in total. The second kappa shape index (κ2) is 8.68. The van der Waals surface area contributed by atoms with Gasteiger partial charge in [0.25, 0.3) is 5.91 Å². The van der Waals surface area contributed by atoms with Gasteiger partial charge in [0.2, 0.25) is 0 Å². The Morgan fingerprint density at radius 3 is 2.55 bits per heavy atom. The molecule has 1 aromatic carbocycles. The van der Waals surface area contributed by atoms with Crippen molar-refractivity contribution in [3.8, 4) is 11.3 Å². The summed E-state index contributed by atoms with van der Waals surface area (Å²) < 4.78 is 43.8. The third-order valence-corrected chi connectivity index (χ3v) is 5.36. The first kappa shape index (κ1) is 22.5. The quantitative estimate of drug-likeness (QED) is 0.438. The Hall–Kier alpha value is -3.69. The lowest BCUT2D eigenvalue weighted by Crippen LogP contribution is -2.26. The van der Waals surface area contributed by atoms with Crippen molar-refractivity contribution in [3.05, 3.63) is 70.8 Å². The van der Waals surface area contributed by atoms with Crippen LogP contribution in [0.2, 0.25) is 0 Å². The first-order chi connectivity index (χ1) is 15.6. The van der Waals surface area contributed by atoms with Crippen LogP contribution >= 0.6 is 0 Å². The molecular formula is C23H23F3N6O. The van der Waals surface area contributed by atoms with Gasteiger partial charge in [-0.05, 0) is 56.0 Å². The summed E-state index contributed by atoms with van der Waals surface area (Å²) in [6, 6.07) is 7.58. The highest BCUT2D eigenvalue weighted by Crippen LogP contribution is 2.32. The third-order valence-electron chi connectivity index (χ3n) is 5.36. The zero-order valence-corrected chi connectivity index (χ0v) is 18.4. The van der Waals surface area contributed by atoms with Crippen LogP contribution in [0.15, 0.2) is 42.7 Å². The number of carbonyl (C=O) groups is 1. The Bertz CT molecular complexity index is 1320. The van der Waals surface area contributed by atoms with Gasteiger partial charge in [-0.1, -0.05) is 12.1 Å². The van der Waals surface area contributed by atoms with Crippen molar-refractivity contribution in [2.24, 2.45) is 0 Å². The van der Waals surface area contributed by atoms with Gasteiger partial charge < -0.3 is 5.32 Å². The lowest BCUT2D eigenvalue weighted by molar-refractivity contribution is -0.142. The maximum atomic E-state index is 13.8. The van der Waals surface area contributed by atoms with Gasteiger partial charge in [0.15, 0.2) is 17.0 Å². The van der Waals surface area contributed by atoms with Crippen LogP contribution in [-0.2, 0) is 12.7 Å². The number of carbonyl (C=O) groups excluding carboxylic acids is 1. The van der Waals surface area contributed by atoms with Crippen molar-refractivity contribution in [2.45, 2.75) is 39.9 Å². The lowest BCUT2D eigenvalue weighted by atomic mass is 10.0. The molecule has 0 unspecified atom stereocenters. The van der Waals surface area contributed by atoms with Crippen molar-refractivity contribution in [2.75, 3.05) is 6.54 Å². The normalized spacial score (nSPS) is 11.8. The molecule has 0 spiro atoms. The molecule has 0 aliphatic rings. The molecule has 3 heterocycles. The second-order valence-corrected chi connectivity index (χ2v) is 8.01. The lowest BCUT2D eigenvalue weighted by Gasteiger charge is -2.11. The Morgan fingerprint density at radius 2 is 1.88 bits per heavy atom. The number of aromatic nitrogens is 5. The fourth-order valence-electron chi connectivity index (χ4n) is 3.46. The average molecular weight is 456 g/mol. The van der Waals surface area contributed by atoms with E-state index in [-0.39, 0.29) is 17.0 Å². The maximum Gasteiger partial charge on any atom is 0.433 e. The molecule has 0 saturated heterocycles. The van der Waals surface area contributed by atoms with E-state index < -0.39 is 17.8 Å². The number of nitrogens with zero attached hydrogens (tertiary/aromatic N) is 5. The number of alkyl halides is 3. The number of benzene rings is 1. The number of aryl methyl sites for hydroxylation is 4. The van der Waals surface area contributed by atoms with Crippen LogP contribution in [0.5, 0.6) is 0 Å². The molecule has 0 saturated carbocycles. The van der Waals surface area contributed by atoms with Crippen molar-refractivity contribution < 1.29 is 18.0 Å². The van der Waals surface area contributed by atoms with E-state index in [9.17, 15) is 18.0 Å². The molecule has 0 bridgehead atoms. The van der Waals surface area contributed by atoms with Gasteiger partial charge >= 0.3 is 6.18 Å². The van der Waals surface area contributed by atoms with E-state index in [4.69, 9.17) is 0 Å². The molecule has 0 radical (unpaired) electrons. The van der Waals surface area contributed by atoms with Crippen molar-refractivity contribution in [3.63, 3.8) is 0 Å². The summed E-state index contributed by atoms with van der Waals surface area (Å²) in [7, 11) is 0. The number of halogens is 3. The minimum absolute atomic E-state index is 0.0461. The van der Waals surface area contributed by atoms with Gasteiger partial charge in [-0.15, -0.1) is 0 Å². The van der Waals surface area contributed by atoms with E-state index in [1.54, 1.807) is 23.0 Å². The highest BCUT2D eigenvalue weighted by molar-refractivity contribution is 5.93. The van der Waals surface area contributed by atoms with Crippen LogP contribution in [0, 0.1) is 20.8 Å². The predicted octanol–water partition coefficient (Wildman–Crippen LogP) is 4.36. The van der Waals surface area contributed by atoms with E-state index in [2.05, 4.69) is 20.5 Å².